The molecular formula is C13H25N3OS. The largest absolute Gasteiger partial charge is 0.360 e. The third-order valence-corrected chi connectivity index (χ3v) is 3.35. The summed E-state index contributed by atoms with van der Waals surface area (Å²) in [4.78, 5) is 11.8. The lowest BCUT2D eigenvalue weighted by molar-refractivity contribution is -0.122. The Kier molecular flexibility index (Phi) is 6.39. The summed E-state index contributed by atoms with van der Waals surface area (Å²) < 4.78 is 0. The second kappa shape index (κ2) is 7.56. The summed E-state index contributed by atoms with van der Waals surface area (Å²) in [5.41, 5.74) is 0. The Morgan fingerprint density at radius 3 is 2.44 bits per heavy atom. The van der Waals surface area contributed by atoms with E-state index in [1.165, 1.54) is 25.7 Å². The number of amides is 1. The van der Waals surface area contributed by atoms with Gasteiger partial charge in [0.1, 0.15) is 6.04 Å². The van der Waals surface area contributed by atoms with Crippen molar-refractivity contribution >= 4 is 23.2 Å². The molecule has 1 atom stereocenters. The van der Waals surface area contributed by atoms with Crippen molar-refractivity contribution in [2.24, 2.45) is 5.92 Å². The average Bonchev–Trinajstić information content (AvgIpc) is 2.78. The normalized spacial score (nSPS) is 17.6. The standard InChI is InChI=1S/C13H25N3OS/c1-9(2)8-14-12(17)10(3)15-13(18)16-11-6-4-5-7-11/h9-11H,4-8H2,1-3H3,(H,14,17)(H2,15,16,18). The van der Waals surface area contributed by atoms with Crippen molar-refractivity contribution in [1.82, 2.24) is 16.0 Å². The quantitative estimate of drug-likeness (QED) is 0.664. The SMILES string of the molecule is CC(C)CNC(=O)C(C)NC(=S)NC1CCCC1. The smallest absolute Gasteiger partial charge is 0.242 e. The molecule has 3 N–H and O–H groups in total. The van der Waals surface area contributed by atoms with Crippen LogP contribution in [0, 0.1) is 5.92 Å². The highest BCUT2D eigenvalue weighted by molar-refractivity contribution is 7.80. The van der Waals surface area contributed by atoms with Crippen LogP contribution in [0.1, 0.15) is 46.5 Å². The highest BCUT2D eigenvalue weighted by atomic mass is 32.1. The zero-order valence-corrected chi connectivity index (χ0v) is 12.4. The van der Waals surface area contributed by atoms with Gasteiger partial charge in [-0.05, 0) is 37.9 Å². The van der Waals surface area contributed by atoms with E-state index in [2.05, 4.69) is 29.8 Å². The molecule has 0 aromatic carbocycles. The average molecular weight is 271 g/mol. The molecule has 104 valence electrons. The minimum atomic E-state index is -0.287. The molecule has 0 bridgehead atoms. The second-order valence-corrected chi connectivity index (χ2v) is 5.87. The van der Waals surface area contributed by atoms with Crippen LogP contribution >= 0.6 is 12.2 Å². The lowest BCUT2D eigenvalue weighted by atomic mass is 10.2. The minimum Gasteiger partial charge on any atom is -0.360 e. The van der Waals surface area contributed by atoms with Gasteiger partial charge in [0.05, 0.1) is 0 Å². The van der Waals surface area contributed by atoms with E-state index in [0.29, 0.717) is 23.6 Å². The summed E-state index contributed by atoms with van der Waals surface area (Å²) in [5.74, 6) is 0.462. The maximum absolute atomic E-state index is 11.8. The maximum atomic E-state index is 11.8. The fourth-order valence-corrected chi connectivity index (χ4v) is 2.36. The lowest BCUT2D eigenvalue weighted by Gasteiger charge is -2.20. The fraction of sp³-hybridized carbons (Fsp3) is 0.846. The molecule has 1 aliphatic rings. The number of thiocarbonyl (C=S) groups is 1. The summed E-state index contributed by atoms with van der Waals surface area (Å²) in [6, 6.07) is 0.195. The Morgan fingerprint density at radius 1 is 1.28 bits per heavy atom. The molecule has 5 heteroatoms. The summed E-state index contributed by atoms with van der Waals surface area (Å²) in [5, 5.41) is 9.79. The predicted octanol–water partition coefficient (Wildman–Crippen LogP) is 1.55. The van der Waals surface area contributed by atoms with Gasteiger partial charge < -0.3 is 16.0 Å². The van der Waals surface area contributed by atoms with E-state index < -0.39 is 0 Å². The Morgan fingerprint density at radius 2 is 1.89 bits per heavy atom. The molecule has 1 rings (SSSR count). The van der Waals surface area contributed by atoms with Crippen molar-refractivity contribution in [3.8, 4) is 0 Å². The third kappa shape index (κ3) is 5.67. The van der Waals surface area contributed by atoms with Crippen LogP contribution < -0.4 is 16.0 Å². The highest BCUT2D eigenvalue weighted by Gasteiger charge is 2.18. The molecular weight excluding hydrogens is 246 g/mol. The second-order valence-electron chi connectivity index (χ2n) is 5.46. The van der Waals surface area contributed by atoms with Crippen LogP contribution in [0.4, 0.5) is 0 Å². The number of carbonyl (C=O) groups is 1. The zero-order valence-electron chi connectivity index (χ0n) is 11.6. The van der Waals surface area contributed by atoms with Crippen molar-refractivity contribution in [1.29, 1.82) is 0 Å². The fourth-order valence-electron chi connectivity index (χ4n) is 2.02. The van der Waals surface area contributed by atoms with Gasteiger partial charge >= 0.3 is 0 Å². The van der Waals surface area contributed by atoms with E-state index in [4.69, 9.17) is 12.2 Å². The predicted molar refractivity (Wildman–Crippen MR) is 78.4 cm³/mol. The van der Waals surface area contributed by atoms with Gasteiger partial charge in [-0.25, -0.2) is 0 Å². The van der Waals surface area contributed by atoms with Gasteiger partial charge in [-0.15, -0.1) is 0 Å². The van der Waals surface area contributed by atoms with Gasteiger partial charge in [0.15, 0.2) is 5.11 Å². The molecule has 1 aliphatic carbocycles. The third-order valence-electron chi connectivity index (χ3n) is 3.12. The molecule has 1 unspecified atom stereocenters. The van der Waals surface area contributed by atoms with Gasteiger partial charge in [-0.1, -0.05) is 26.7 Å². The first-order valence-electron chi connectivity index (χ1n) is 6.83. The van der Waals surface area contributed by atoms with E-state index in [1.54, 1.807) is 0 Å². The first-order chi connectivity index (χ1) is 8.49. The first-order valence-corrected chi connectivity index (χ1v) is 7.24. The van der Waals surface area contributed by atoms with Crippen LogP contribution in [0.3, 0.4) is 0 Å². The van der Waals surface area contributed by atoms with E-state index in [0.717, 1.165) is 0 Å². The van der Waals surface area contributed by atoms with Crippen molar-refractivity contribution in [2.45, 2.75) is 58.5 Å². The van der Waals surface area contributed by atoms with Gasteiger partial charge in [0.2, 0.25) is 5.91 Å². The van der Waals surface area contributed by atoms with Crippen LogP contribution in [-0.4, -0.2) is 29.6 Å². The monoisotopic (exact) mass is 271 g/mol. The molecule has 1 fully saturated rings. The van der Waals surface area contributed by atoms with Gasteiger partial charge in [-0.2, -0.15) is 0 Å². The van der Waals surface area contributed by atoms with Crippen LogP contribution in [0.15, 0.2) is 0 Å². The summed E-state index contributed by atoms with van der Waals surface area (Å²) in [7, 11) is 0. The first kappa shape index (κ1) is 15.2. The number of rotatable bonds is 5. The number of hydrogen-bond acceptors (Lipinski definition) is 2. The van der Waals surface area contributed by atoms with E-state index in [1.807, 2.05) is 6.92 Å². The molecule has 0 heterocycles. The van der Waals surface area contributed by atoms with Gasteiger partial charge in [-0.3, -0.25) is 4.79 Å². The van der Waals surface area contributed by atoms with E-state index in [9.17, 15) is 4.79 Å². The van der Waals surface area contributed by atoms with E-state index in [-0.39, 0.29) is 11.9 Å². The molecule has 0 spiro atoms. The molecule has 1 saturated carbocycles. The maximum Gasteiger partial charge on any atom is 0.242 e. The lowest BCUT2D eigenvalue weighted by Crippen LogP contribution is -2.50. The van der Waals surface area contributed by atoms with Crippen LogP contribution in [0.5, 0.6) is 0 Å². The molecule has 0 aromatic heterocycles. The van der Waals surface area contributed by atoms with Crippen molar-refractivity contribution in [2.75, 3.05) is 6.54 Å². The van der Waals surface area contributed by atoms with Gasteiger partial charge in [0, 0.05) is 12.6 Å². The number of hydrogen-bond donors (Lipinski definition) is 3. The summed E-state index contributed by atoms with van der Waals surface area (Å²) in [6.07, 6.45) is 4.89. The Bertz CT molecular complexity index is 288. The number of nitrogens with one attached hydrogen (secondary N) is 3. The van der Waals surface area contributed by atoms with Crippen molar-refractivity contribution < 1.29 is 4.79 Å². The zero-order chi connectivity index (χ0) is 13.5. The van der Waals surface area contributed by atoms with Crippen LogP contribution in [-0.2, 0) is 4.79 Å². The summed E-state index contributed by atoms with van der Waals surface area (Å²) >= 11 is 5.22. The van der Waals surface area contributed by atoms with Crippen molar-refractivity contribution in [3.05, 3.63) is 0 Å². The Hall–Kier alpha value is -0.840. The molecule has 4 nitrogen and oxygen atoms in total. The van der Waals surface area contributed by atoms with E-state index >= 15 is 0 Å². The summed E-state index contributed by atoms with van der Waals surface area (Å²) in [6.45, 7) is 6.68. The molecule has 0 saturated heterocycles. The molecule has 0 aliphatic heterocycles. The van der Waals surface area contributed by atoms with Crippen LogP contribution in [0.25, 0.3) is 0 Å². The number of carbonyl (C=O) groups excluding carboxylic acids is 1. The highest BCUT2D eigenvalue weighted by Crippen LogP contribution is 2.17. The Labute approximate surface area is 115 Å². The molecule has 0 radical (unpaired) electrons. The minimum absolute atomic E-state index is 0.000674. The molecule has 18 heavy (non-hydrogen) atoms. The Balaban J connectivity index is 2.23. The van der Waals surface area contributed by atoms with Crippen LogP contribution in [0.2, 0.25) is 0 Å². The topological polar surface area (TPSA) is 53.2 Å². The van der Waals surface area contributed by atoms with Crippen molar-refractivity contribution in [3.63, 3.8) is 0 Å². The van der Waals surface area contributed by atoms with Gasteiger partial charge in [0.25, 0.3) is 0 Å². The molecule has 1 amide bonds. The molecule has 0 aromatic rings.